The van der Waals surface area contributed by atoms with Gasteiger partial charge in [0, 0.05) is 94.3 Å². The van der Waals surface area contributed by atoms with Crippen molar-refractivity contribution in [1.82, 2.24) is 59.1 Å². The number of benzene rings is 4. The number of nitrogens with zero attached hydrogens (tertiary/aromatic N) is 11. The summed E-state index contributed by atoms with van der Waals surface area (Å²) in [5, 5.41) is 25.0. The van der Waals surface area contributed by atoms with Crippen LogP contribution in [0.4, 0.5) is 5.69 Å². The van der Waals surface area contributed by atoms with Crippen molar-refractivity contribution >= 4 is 11.6 Å². The van der Waals surface area contributed by atoms with Gasteiger partial charge in [-0.1, -0.05) is 104 Å². The van der Waals surface area contributed by atoms with Crippen LogP contribution in [0.1, 0.15) is 245 Å². The zero-order valence-corrected chi connectivity index (χ0v) is 67.1. The molecule has 0 radical (unpaired) electrons. The third kappa shape index (κ3) is 26.3. The van der Waals surface area contributed by atoms with Crippen LogP contribution in [-0.4, -0.2) is 138 Å². The van der Waals surface area contributed by atoms with Gasteiger partial charge in [0.25, 0.3) is 5.91 Å². The van der Waals surface area contributed by atoms with E-state index in [-0.39, 0.29) is 24.2 Å². The van der Waals surface area contributed by atoms with Gasteiger partial charge in [-0.15, -0.1) is 0 Å². The molecule has 0 atom stereocenters. The van der Waals surface area contributed by atoms with Crippen molar-refractivity contribution in [2.45, 2.75) is 267 Å². The number of aromatic amines is 1. The third-order valence-electron chi connectivity index (χ3n) is 19.9. The summed E-state index contributed by atoms with van der Waals surface area (Å²) in [5.41, 5.74) is 15.5. The number of carbonyl (C=O) groups is 1. The van der Waals surface area contributed by atoms with E-state index in [1.807, 2.05) is 30.5 Å². The molecule has 17 nitrogen and oxygen atoms in total. The standard InChI is InChI=1S/C24H37N3O.C23H35N3O.C22H33N3O.C19H26N4O/c1-5-6-16-26(4)17-21-18-27(22-10-8-7-9-11-22)25-24(21)20-12-14-23(15-13-20)28-19(2)3;1-5-6-15-25(4)17-20-16-24-26(21-9-7-8-10-21)23(20)19-11-13-22(14-12-19)27-18(2)3;1-5-6-14-24(4)15-19-16-25(20-8-7-9-20)23-22(19)18-10-12-21(13-11-18)26-17(2)3;1-5-6-10-23(4)13-16-12-20-22-18(16)15-8-7-9-17(11-15)21-19(24)14(2)3/h12-15,18-19,22H,5-11,16-17H2,1-4H3;11-14,16,18,21H,5-10,15,17H2,1-4H3;10-13,16-17,20H,5-9,14-15H2,1-4H3;7-9,11-12H,2,5-6,10,13H2,1,3-4H3,(H,20,22)(H,21,24). The number of H-pyrrole nitrogens is 1. The molecular weight excluding hydrogens is 1300 g/mol. The maximum atomic E-state index is 11.8. The Morgan fingerprint density at radius 2 is 0.905 bits per heavy atom. The van der Waals surface area contributed by atoms with Crippen molar-refractivity contribution < 1.29 is 19.0 Å². The van der Waals surface area contributed by atoms with Gasteiger partial charge in [0.2, 0.25) is 0 Å². The molecule has 572 valence electrons. The molecule has 0 unspecified atom stereocenters. The van der Waals surface area contributed by atoms with Gasteiger partial charge >= 0.3 is 0 Å². The topological polar surface area (TPSA) is 152 Å². The minimum Gasteiger partial charge on any atom is -0.491 e. The first-order chi connectivity index (χ1) is 50.7. The number of unbranched alkanes of at least 4 members (excludes halogenated alkanes) is 4. The lowest BCUT2D eigenvalue weighted by atomic mass is 9.93. The molecule has 1 amide bonds. The highest BCUT2D eigenvalue weighted by atomic mass is 16.5. The Morgan fingerprint density at radius 3 is 1.31 bits per heavy atom. The smallest absolute Gasteiger partial charge is 0.250 e. The molecule has 0 aliphatic heterocycles. The van der Waals surface area contributed by atoms with E-state index in [2.05, 4.69) is 245 Å². The van der Waals surface area contributed by atoms with E-state index in [4.69, 9.17) is 29.5 Å². The number of hydrogen-bond donors (Lipinski definition) is 2. The summed E-state index contributed by atoms with van der Waals surface area (Å²) in [6, 6.07) is 34.8. The van der Waals surface area contributed by atoms with Crippen LogP contribution >= 0.6 is 0 Å². The maximum Gasteiger partial charge on any atom is 0.250 e. The van der Waals surface area contributed by atoms with Crippen LogP contribution in [0.5, 0.6) is 17.2 Å². The largest absolute Gasteiger partial charge is 0.491 e. The number of carbonyl (C=O) groups excluding carboxylic acids is 1. The zero-order chi connectivity index (χ0) is 75.2. The first-order valence-corrected chi connectivity index (χ1v) is 40.1. The maximum absolute atomic E-state index is 11.8. The zero-order valence-electron chi connectivity index (χ0n) is 67.1. The summed E-state index contributed by atoms with van der Waals surface area (Å²) >= 11 is 0. The predicted molar refractivity (Wildman–Crippen MR) is 435 cm³/mol. The molecule has 2 N–H and O–H groups in total. The van der Waals surface area contributed by atoms with Crippen molar-refractivity contribution in [2.75, 3.05) is 59.7 Å². The molecule has 3 fully saturated rings. The van der Waals surface area contributed by atoms with Crippen LogP contribution in [0.15, 0.2) is 134 Å². The Balaban J connectivity index is 0.000000177. The Labute approximate surface area is 631 Å². The number of rotatable bonds is 35. The summed E-state index contributed by atoms with van der Waals surface area (Å²) < 4.78 is 24.2. The lowest BCUT2D eigenvalue weighted by Crippen LogP contribution is -2.19. The molecule has 8 aromatic rings. The van der Waals surface area contributed by atoms with Crippen molar-refractivity contribution in [3.05, 3.63) is 156 Å². The fourth-order valence-corrected chi connectivity index (χ4v) is 14.0. The van der Waals surface area contributed by atoms with Crippen molar-refractivity contribution in [1.29, 1.82) is 0 Å². The van der Waals surface area contributed by atoms with E-state index in [1.54, 1.807) is 6.92 Å². The number of amides is 1. The van der Waals surface area contributed by atoms with Crippen LogP contribution in [0, 0.1) is 0 Å². The van der Waals surface area contributed by atoms with E-state index in [9.17, 15) is 4.79 Å². The van der Waals surface area contributed by atoms with Crippen molar-refractivity contribution in [3.8, 4) is 62.3 Å². The summed E-state index contributed by atoms with van der Waals surface area (Å²) in [6.07, 6.45) is 34.4. The van der Waals surface area contributed by atoms with Crippen LogP contribution in [0.25, 0.3) is 45.0 Å². The third-order valence-corrected chi connectivity index (χ3v) is 19.9. The fourth-order valence-electron chi connectivity index (χ4n) is 14.0. The lowest BCUT2D eigenvalue weighted by Gasteiger charge is -2.25. The van der Waals surface area contributed by atoms with Crippen LogP contribution in [0.3, 0.4) is 0 Å². The molecule has 0 bridgehead atoms. The van der Waals surface area contributed by atoms with Crippen molar-refractivity contribution in [3.63, 3.8) is 0 Å². The van der Waals surface area contributed by atoms with Gasteiger partial charge in [-0.05, 0) is 258 Å². The Kier molecular flexibility index (Phi) is 34.0. The highest BCUT2D eigenvalue weighted by Crippen LogP contribution is 2.38. The highest BCUT2D eigenvalue weighted by Gasteiger charge is 2.26. The molecule has 4 aromatic carbocycles. The van der Waals surface area contributed by atoms with E-state index < -0.39 is 0 Å². The summed E-state index contributed by atoms with van der Waals surface area (Å²) in [7, 11) is 8.76. The average Bonchev–Trinajstić information content (AvgIpc) is 1.67. The molecule has 17 heteroatoms. The highest BCUT2D eigenvalue weighted by molar-refractivity contribution is 6.03. The number of nitrogens with one attached hydrogen (secondary N) is 2. The van der Waals surface area contributed by atoms with Gasteiger partial charge < -0.3 is 39.1 Å². The van der Waals surface area contributed by atoms with Gasteiger partial charge in [0.15, 0.2) is 0 Å². The summed E-state index contributed by atoms with van der Waals surface area (Å²) in [4.78, 5) is 21.3. The molecule has 0 saturated heterocycles. The van der Waals surface area contributed by atoms with E-state index >= 15 is 0 Å². The molecule has 3 saturated carbocycles. The number of anilines is 1. The molecule has 3 aliphatic carbocycles. The lowest BCUT2D eigenvalue weighted by molar-refractivity contribution is -0.112. The first kappa shape index (κ1) is 82.8. The first-order valence-electron chi connectivity index (χ1n) is 40.1. The molecular formula is C88H131N13O4. The number of ether oxygens (including phenoxy) is 3. The van der Waals surface area contributed by atoms with E-state index in [0.29, 0.717) is 23.7 Å². The Bertz CT molecular complexity index is 3790. The van der Waals surface area contributed by atoms with E-state index in [1.165, 1.54) is 167 Å². The minimum atomic E-state index is -0.170. The van der Waals surface area contributed by atoms with E-state index in [0.717, 1.165) is 104 Å². The molecule has 4 aromatic heterocycles. The van der Waals surface area contributed by atoms with Crippen LogP contribution < -0.4 is 19.5 Å². The molecule has 4 heterocycles. The molecule has 3 aliphatic rings. The Hall–Kier alpha value is -7.83. The van der Waals surface area contributed by atoms with Crippen LogP contribution in [-0.2, 0) is 31.0 Å². The second-order valence-electron chi connectivity index (χ2n) is 30.8. The average molecular weight is 1440 g/mol. The van der Waals surface area contributed by atoms with Gasteiger partial charge in [0.05, 0.1) is 71.6 Å². The molecule has 11 rings (SSSR count). The summed E-state index contributed by atoms with van der Waals surface area (Å²) in [5.74, 6) is 2.61. The monoisotopic (exact) mass is 1430 g/mol. The Morgan fingerprint density at radius 1 is 0.505 bits per heavy atom. The van der Waals surface area contributed by atoms with Crippen molar-refractivity contribution in [2.24, 2.45) is 0 Å². The quantitative estimate of drug-likeness (QED) is 0.0364. The number of aromatic nitrogens is 8. The second-order valence-corrected chi connectivity index (χ2v) is 30.8. The normalized spacial score (nSPS) is 14.2. The van der Waals surface area contributed by atoms with Crippen LogP contribution in [0.2, 0.25) is 0 Å². The number of hydrogen-bond acceptors (Lipinski definition) is 12. The van der Waals surface area contributed by atoms with Gasteiger partial charge in [-0.25, -0.2) is 0 Å². The van der Waals surface area contributed by atoms with Gasteiger partial charge in [-0.3, -0.25) is 23.9 Å². The van der Waals surface area contributed by atoms with Gasteiger partial charge in [0.1, 0.15) is 17.2 Å². The SMILES string of the molecule is C=C(C)C(=O)Nc1cccc(-c2[nH]ncc2CN(C)CCCC)c1.CCCCN(C)Cc1cn(C2CCC2)nc1-c1ccc(OC(C)C)cc1.CCCCN(C)Cc1cn(C2CCCCC2)nc1-c1ccc(OC(C)C)cc1.CCCCN(C)Cc1cnn(C2CCCC2)c1-c1ccc(OC(C)C)cc1. The minimum absolute atomic E-state index is 0.170. The second kappa shape index (κ2) is 43.1. The van der Waals surface area contributed by atoms with Gasteiger partial charge in [-0.2, -0.15) is 20.4 Å². The summed E-state index contributed by atoms with van der Waals surface area (Å²) in [6.45, 7) is 34.8. The molecule has 105 heavy (non-hydrogen) atoms. The predicted octanol–water partition coefficient (Wildman–Crippen LogP) is 20.9. The fraction of sp³-hybridized carbons (Fsp3) is 0.557. The molecule has 0 spiro atoms.